The second-order valence-electron chi connectivity index (χ2n) is 5.10. The molecule has 1 fully saturated rings. The number of carboxylic acids is 1. The summed E-state index contributed by atoms with van der Waals surface area (Å²) < 4.78 is 0. The largest absolute Gasteiger partial charge is 0.480 e. The summed E-state index contributed by atoms with van der Waals surface area (Å²) >= 11 is 3.34. The van der Waals surface area contributed by atoms with Gasteiger partial charge in [0.15, 0.2) is 0 Å². The van der Waals surface area contributed by atoms with Crippen LogP contribution in [-0.2, 0) is 4.79 Å². The summed E-state index contributed by atoms with van der Waals surface area (Å²) in [6.45, 7) is 0.854. The van der Waals surface area contributed by atoms with E-state index in [0.29, 0.717) is 0 Å². The monoisotopic (exact) mass is 307 g/mol. The minimum atomic E-state index is -0.694. The lowest BCUT2D eigenvalue weighted by Gasteiger charge is -2.38. The Hall–Kier alpha value is -1.17. The first kappa shape index (κ1) is 13.8. The van der Waals surface area contributed by atoms with Crippen molar-refractivity contribution in [2.75, 3.05) is 6.54 Å². The molecule has 3 rings (SSSR count). The normalized spacial score (nSPS) is 20.4. The molecule has 0 spiro atoms. The zero-order valence-corrected chi connectivity index (χ0v) is 12.7. The molecule has 106 valence electrons. The molecular weight excluding hydrogens is 290 g/mol. The van der Waals surface area contributed by atoms with Crippen LogP contribution in [0.5, 0.6) is 0 Å². The highest BCUT2D eigenvalue weighted by Crippen LogP contribution is 2.35. The van der Waals surface area contributed by atoms with Gasteiger partial charge in [-0.25, -0.2) is 0 Å². The highest BCUT2D eigenvalue weighted by Gasteiger charge is 2.35. The maximum absolute atomic E-state index is 11.6. The number of rotatable bonds is 4. The zero-order chi connectivity index (χ0) is 13.9. The number of hydrogen-bond donors (Lipinski definition) is 1. The van der Waals surface area contributed by atoms with Crippen molar-refractivity contribution in [2.45, 2.75) is 31.3 Å². The molecular formula is C15H17NO2S2. The average Bonchev–Trinajstić information content (AvgIpc) is 3.13. The summed E-state index contributed by atoms with van der Waals surface area (Å²) in [7, 11) is 0. The van der Waals surface area contributed by atoms with Crippen molar-refractivity contribution in [1.29, 1.82) is 0 Å². The molecule has 3 heterocycles. The zero-order valence-electron chi connectivity index (χ0n) is 11.1. The third-order valence-corrected chi connectivity index (χ3v) is 5.28. The topological polar surface area (TPSA) is 40.5 Å². The van der Waals surface area contributed by atoms with Crippen LogP contribution in [0.4, 0.5) is 0 Å². The minimum Gasteiger partial charge on any atom is -0.480 e. The number of carboxylic acid groups (broad SMARTS) is 1. The smallest absolute Gasteiger partial charge is 0.320 e. The molecule has 0 saturated carbocycles. The molecule has 0 bridgehead atoms. The Morgan fingerprint density at radius 1 is 1.20 bits per heavy atom. The van der Waals surface area contributed by atoms with Gasteiger partial charge in [-0.1, -0.05) is 6.42 Å². The van der Waals surface area contributed by atoms with Crippen molar-refractivity contribution < 1.29 is 9.90 Å². The van der Waals surface area contributed by atoms with Gasteiger partial charge in [-0.05, 0) is 64.2 Å². The predicted molar refractivity (Wildman–Crippen MR) is 82.5 cm³/mol. The maximum Gasteiger partial charge on any atom is 0.320 e. The molecule has 20 heavy (non-hydrogen) atoms. The van der Waals surface area contributed by atoms with E-state index < -0.39 is 5.97 Å². The van der Waals surface area contributed by atoms with E-state index in [2.05, 4.69) is 38.6 Å². The van der Waals surface area contributed by atoms with Crippen LogP contribution in [0.25, 0.3) is 0 Å². The summed E-state index contributed by atoms with van der Waals surface area (Å²) in [5.74, 6) is -0.694. The Bertz CT molecular complexity index is 516. The quantitative estimate of drug-likeness (QED) is 0.933. The highest BCUT2D eigenvalue weighted by molar-refractivity contribution is 7.08. The SMILES string of the molecule is O=C(O)C1CCCCN1C(c1ccsc1)c1ccsc1. The number of piperidine rings is 1. The summed E-state index contributed by atoms with van der Waals surface area (Å²) in [6.07, 6.45) is 2.84. The minimum absolute atomic E-state index is 0.0777. The molecule has 2 aromatic rings. The van der Waals surface area contributed by atoms with E-state index in [9.17, 15) is 9.90 Å². The number of thiophene rings is 2. The predicted octanol–water partition coefficient (Wildman–Crippen LogP) is 3.84. The average molecular weight is 307 g/mol. The molecule has 1 atom stereocenters. The van der Waals surface area contributed by atoms with Crippen molar-refractivity contribution in [3.05, 3.63) is 44.8 Å². The lowest BCUT2D eigenvalue weighted by molar-refractivity contribution is -0.145. The Morgan fingerprint density at radius 2 is 1.85 bits per heavy atom. The Labute approximate surface area is 126 Å². The van der Waals surface area contributed by atoms with E-state index in [0.717, 1.165) is 25.8 Å². The van der Waals surface area contributed by atoms with Crippen LogP contribution >= 0.6 is 22.7 Å². The van der Waals surface area contributed by atoms with Gasteiger partial charge in [-0.3, -0.25) is 9.69 Å². The molecule has 0 aromatic carbocycles. The second kappa shape index (κ2) is 6.08. The van der Waals surface area contributed by atoms with E-state index in [-0.39, 0.29) is 12.1 Å². The van der Waals surface area contributed by atoms with E-state index in [4.69, 9.17) is 0 Å². The maximum atomic E-state index is 11.6. The first-order chi connectivity index (χ1) is 9.77. The molecule has 1 unspecified atom stereocenters. The van der Waals surface area contributed by atoms with Crippen LogP contribution in [0, 0.1) is 0 Å². The standard InChI is InChI=1S/C15H17NO2S2/c17-15(18)13-3-1-2-6-16(13)14(11-4-7-19-9-11)12-5-8-20-10-12/h4-5,7-10,13-14H,1-3,6H2,(H,17,18). The Balaban J connectivity index is 1.98. The Kier molecular flexibility index (Phi) is 4.19. The van der Waals surface area contributed by atoms with Gasteiger partial charge in [0, 0.05) is 0 Å². The molecule has 1 N–H and O–H groups in total. The van der Waals surface area contributed by atoms with Gasteiger partial charge in [-0.2, -0.15) is 22.7 Å². The number of likely N-dealkylation sites (tertiary alicyclic amines) is 1. The number of aliphatic carboxylic acids is 1. The first-order valence-electron chi connectivity index (χ1n) is 6.80. The molecule has 0 aliphatic carbocycles. The van der Waals surface area contributed by atoms with Crippen LogP contribution in [0.3, 0.4) is 0 Å². The Morgan fingerprint density at radius 3 is 2.35 bits per heavy atom. The third-order valence-electron chi connectivity index (χ3n) is 3.88. The summed E-state index contributed by atoms with van der Waals surface area (Å²) in [4.78, 5) is 13.7. The van der Waals surface area contributed by atoms with Crippen LogP contribution in [-0.4, -0.2) is 28.6 Å². The molecule has 0 radical (unpaired) electrons. The molecule has 2 aromatic heterocycles. The van der Waals surface area contributed by atoms with Crippen molar-refractivity contribution in [1.82, 2.24) is 4.90 Å². The molecule has 5 heteroatoms. The lowest BCUT2D eigenvalue weighted by atomic mass is 9.94. The van der Waals surface area contributed by atoms with Gasteiger partial charge in [0.1, 0.15) is 6.04 Å². The summed E-state index contributed by atoms with van der Waals surface area (Å²) in [5.41, 5.74) is 2.42. The molecule has 3 nitrogen and oxygen atoms in total. The fourth-order valence-corrected chi connectivity index (χ4v) is 4.32. The molecule has 1 saturated heterocycles. The molecule has 1 aliphatic rings. The second-order valence-corrected chi connectivity index (χ2v) is 6.66. The van der Waals surface area contributed by atoms with Gasteiger partial charge in [0.25, 0.3) is 0 Å². The van der Waals surface area contributed by atoms with Crippen LogP contribution < -0.4 is 0 Å². The molecule has 0 amide bonds. The van der Waals surface area contributed by atoms with Gasteiger partial charge < -0.3 is 5.11 Å². The fraction of sp³-hybridized carbons (Fsp3) is 0.400. The van der Waals surface area contributed by atoms with Crippen molar-refractivity contribution in [2.24, 2.45) is 0 Å². The van der Waals surface area contributed by atoms with E-state index in [1.165, 1.54) is 11.1 Å². The van der Waals surface area contributed by atoms with E-state index in [1.54, 1.807) is 22.7 Å². The van der Waals surface area contributed by atoms with E-state index in [1.807, 2.05) is 0 Å². The number of hydrogen-bond acceptors (Lipinski definition) is 4. The van der Waals surface area contributed by atoms with Crippen molar-refractivity contribution in [3.63, 3.8) is 0 Å². The van der Waals surface area contributed by atoms with Crippen LogP contribution in [0.1, 0.15) is 36.4 Å². The van der Waals surface area contributed by atoms with Crippen LogP contribution in [0.15, 0.2) is 33.7 Å². The van der Waals surface area contributed by atoms with Crippen LogP contribution in [0.2, 0.25) is 0 Å². The van der Waals surface area contributed by atoms with Crippen molar-refractivity contribution in [3.8, 4) is 0 Å². The van der Waals surface area contributed by atoms with Gasteiger partial charge in [0.05, 0.1) is 6.04 Å². The number of carbonyl (C=O) groups is 1. The van der Waals surface area contributed by atoms with Gasteiger partial charge in [-0.15, -0.1) is 0 Å². The lowest BCUT2D eigenvalue weighted by Crippen LogP contribution is -2.46. The van der Waals surface area contributed by atoms with Gasteiger partial charge >= 0.3 is 5.97 Å². The highest BCUT2D eigenvalue weighted by atomic mass is 32.1. The van der Waals surface area contributed by atoms with Gasteiger partial charge in [0.2, 0.25) is 0 Å². The first-order valence-corrected chi connectivity index (χ1v) is 8.68. The molecule has 1 aliphatic heterocycles. The number of nitrogens with zero attached hydrogens (tertiary/aromatic N) is 1. The fourth-order valence-electron chi connectivity index (χ4n) is 2.96. The summed E-state index contributed by atoms with van der Waals surface area (Å²) in [5, 5.41) is 17.9. The summed E-state index contributed by atoms with van der Waals surface area (Å²) in [6, 6.07) is 3.93. The van der Waals surface area contributed by atoms with E-state index >= 15 is 0 Å². The third kappa shape index (κ3) is 2.66. The van der Waals surface area contributed by atoms with Crippen molar-refractivity contribution >= 4 is 28.6 Å².